The minimum Gasteiger partial charge on any atom is -0.493 e. The molecule has 0 aliphatic heterocycles. The van der Waals surface area contributed by atoms with Crippen molar-refractivity contribution in [1.82, 2.24) is 14.9 Å². The number of benzene rings is 1. The molecule has 0 aliphatic rings. The Morgan fingerprint density at radius 2 is 1.84 bits per heavy atom. The first-order valence-corrected chi connectivity index (χ1v) is 9.29. The second-order valence-corrected chi connectivity index (χ2v) is 7.69. The minimum absolute atomic E-state index is 0.0649. The van der Waals surface area contributed by atoms with E-state index in [1.54, 1.807) is 13.0 Å². The van der Waals surface area contributed by atoms with Crippen molar-refractivity contribution in [2.75, 3.05) is 14.2 Å². The molecule has 1 heterocycles. The third-order valence-electron chi connectivity index (χ3n) is 3.51. The first-order chi connectivity index (χ1) is 11.8. The summed E-state index contributed by atoms with van der Waals surface area (Å²) in [5.74, 6) is 1.64. The summed E-state index contributed by atoms with van der Waals surface area (Å²) in [7, 11) is -0.879. The molecule has 0 amide bonds. The molecule has 0 bridgehead atoms. The van der Waals surface area contributed by atoms with Gasteiger partial charge in [-0.3, -0.25) is 0 Å². The monoisotopic (exact) mass is 369 g/mol. The van der Waals surface area contributed by atoms with Crippen LogP contribution in [0, 0.1) is 12.8 Å². The van der Waals surface area contributed by atoms with Crippen LogP contribution in [0.25, 0.3) is 0 Å². The van der Waals surface area contributed by atoms with Crippen LogP contribution in [-0.2, 0) is 10.0 Å². The fraction of sp³-hybridized carbons (Fsp3) is 0.500. The van der Waals surface area contributed by atoms with E-state index in [2.05, 4.69) is 14.9 Å². The summed E-state index contributed by atoms with van der Waals surface area (Å²) in [5, 5.41) is 7.73. The zero-order chi connectivity index (χ0) is 18.6. The molecule has 8 nitrogen and oxygen atoms in total. The number of nitrogens with one attached hydrogen (secondary N) is 1. The Balaban J connectivity index is 2.33. The van der Waals surface area contributed by atoms with E-state index in [-0.39, 0.29) is 16.7 Å². The summed E-state index contributed by atoms with van der Waals surface area (Å²) in [6.45, 7) is 5.63. The summed E-state index contributed by atoms with van der Waals surface area (Å²) in [6, 6.07) is 3.79. The number of sulfonamides is 1. The number of aryl methyl sites for hydroxylation is 1. The van der Waals surface area contributed by atoms with Crippen LogP contribution in [0.1, 0.15) is 38.1 Å². The lowest BCUT2D eigenvalue weighted by molar-refractivity contribution is 0.353. The van der Waals surface area contributed by atoms with Crippen molar-refractivity contribution >= 4 is 10.0 Å². The maximum absolute atomic E-state index is 12.8. The predicted molar refractivity (Wildman–Crippen MR) is 91.1 cm³/mol. The molecule has 25 heavy (non-hydrogen) atoms. The van der Waals surface area contributed by atoms with Crippen molar-refractivity contribution in [2.45, 2.75) is 38.1 Å². The number of aromatic nitrogens is 2. The lowest BCUT2D eigenvalue weighted by atomic mass is 10.0. The number of nitrogens with zero attached hydrogens (tertiary/aromatic N) is 2. The first kappa shape index (κ1) is 19.2. The normalized spacial score (nSPS) is 13.0. The van der Waals surface area contributed by atoms with Gasteiger partial charge in [0.25, 0.3) is 0 Å². The summed E-state index contributed by atoms with van der Waals surface area (Å²) in [5.41, 5.74) is 0. The van der Waals surface area contributed by atoms with Crippen LogP contribution >= 0.6 is 0 Å². The quantitative estimate of drug-likeness (QED) is 0.762. The van der Waals surface area contributed by atoms with E-state index in [0.29, 0.717) is 23.8 Å². The molecule has 0 saturated heterocycles. The highest BCUT2D eigenvalue weighted by Crippen LogP contribution is 2.30. The van der Waals surface area contributed by atoms with Gasteiger partial charge in [0.05, 0.1) is 19.1 Å². The molecule has 1 aromatic carbocycles. The smallest absolute Gasteiger partial charge is 0.241 e. The van der Waals surface area contributed by atoms with Gasteiger partial charge in [0, 0.05) is 13.0 Å². The van der Waals surface area contributed by atoms with Gasteiger partial charge in [-0.1, -0.05) is 13.8 Å². The van der Waals surface area contributed by atoms with Gasteiger partial charge < -0.3 is 13.9 Å². The summed E-state index contributed by atoms with van der Waals surface area (Å²) < 4.78 is 43.9. The van der Waals surface area contributed by atoms with Crippen molar-refractivity contribution in [2.24, 2.45) is 5.92 Å². The molecule has 1 unspecified atom stereocenters. The third-order valence-corrected chi connectivity index (χ3v) is 4.98. The zero-order valence-corrected chi connectivity index (χ0v) is 15.8. The molecular weight excluding hydrogens is 346 g/mol. The van der Waals surface area contributed by atoms with Gasteiger partial charge >= 0.3 is 0 Å². The maximum atomic E-state index is 12.8. The second kappa shape index (κ2) is 7.83. The van der Waals surface area contributed by atoms with E-state index in [0.717, 1.165) is 0 Å². The topological polar surface area (TPSA) is 104 Å². The summed E-state index contributed by atoms with van der Waals surface area (Å²) in [4.78, 5) is 0.0649. The van der Waals surface area contributed by atoms with Gasteiger partial charge in [0.15, 0.2) is 11.5 Å². The molecule has 2 rings (SSSR count). The molecule has 9 heteroatoms. The molecule has 0 fully saturated rings. The van der Waals surface area contributed by atoms with E-state index >= 15 is 0 Å². The Morgan fingerprint density at radius 3 is 2.36 bits per heavy atom. The van der Waals surface area contributed by atoms with Crippen LogP contribution < -0.4 is 14.2 Å². The highest BCUT2D eigenvalue weighted by molar-refractivity contribution is 7.89. The van der Waals surface area contributed by atoms with Crippen molar-refractivity contribution in [3.8, 4) is 11.5 Å². The van der Waals surface area contributed by atoms with Crippen LogP contribution in [0.3, 0.4) is 0 Å². The van der Waals surface area contributed by atoms with E-state index < -0.39 is 16.1 Å². The number of rotatable bonds is 8. The molecule has 0 spiro atoms. The molecule has 0 radical (unpaired) electrons. The van der Waals surface area contributed by atoms with Gasteiger partial charge in [-0.05, 0) is 24.5 Å². The molecule has 138 valence electrons. The average molecular weight is 369 g/mol. The fourth-order valence-corrected chi connectivity index (χ4v) is 3.58. The van der Waals surface area contributed by atoms with Gasteiger partial charge in [0.2, 0.25) is 21.8 Å². The van der Waals surface area contributed by atoms with E-state index in [1.165, 1.54) is 26.4 Å². The first-order valence-electron chi connectivity index (χ1n) is 7.81. The number of ether oxygens (including phenoxy) is 2. The van der Waals surface area contributed by atoms with E-state index in [1.807, 2.05) is 13.8 Å². The van der Waals surface area contributed by atoms with Gasteiger partial charge in [0.1, 0.15) is 6.04 Å². The van der Waals surface area contributed by atoms with Crippen LogP contribution in [0.2, 0.25) is 0 Å². The number of hydrogen-bond donors (Lipinski definition) is 1. The van der Waals surface area contributed by atoms with Gasteiger partial charge in [-0.2, -0.15) is 4.72 Å². The Labute approximate surface area is 147 Å². The average Bonchev–Trinajstić information content (AvgIpc) is 2.99. The predicted octanol–water partition coefficient (Wildman–Crippen LogP) is 2.46. The summed E-state index contributed by atoms with van der Waals surface area (Å²) >= 11 is 0. The molecular formula is C16H23N3O5S. The highest BCUT2D eigenvalue weighted by Gasteiger charge is 2.27. The van der Waals surface area contributed by atoms with Crippen molar-refractivity contribution in [3.63, 3.8) is 0 Å². The Bertz CT molecular complexity index is 817. The van der Waals surface area contributed by atoms with Crippen molar-refractivity contribution in [1.29, 1.82) is 0 Å². The van der Waals surface area contributed by atoms with Crippen LogP contribution in [0.5, 0.6) is 11.5 Å². The van der Waals surface area contributed by atoms with Crippen LogP contribution in [0.15, 0.2) is 27.5 Å². The highest BCUT2D eigenvalue weighted by atomic mass is 32.2. The standard InChI is InChI=1S/C16H23N3O5S/c1-10(2)8-13(16-18-17-11(3)24-16)19-25(20,21)12-6-7-14(22-4)15(9-12)23-5/h6-7,9-10,13,19H,8H2,1-5H3. The molecule has 2 aromatic rings. The second-order valence-electron chi connectivity index (χ2n) is 5.98. The Kier molecular flexibility index (Phi) is 6.02. The summed E-state index contributed by atoms with van der Waals surface area (Å²) in [6.07, 6.45) is 0.522. The number of methoxy groups -OCH3 is 2. The Hall–Kier alpha value is -2.13. The van der Waals surface area contributed by atoms with Crippen molar-refractivity contribution < 1.29 is 22.3 Å². The fourth-order valence-electron chi connectivity index (χ4n) is 2.36. The Morgan fingerprint density at radius 1 is 1.16 bits per heavy atom. The lowest BCUT2D eigenvalue weighted by Crippen LogP contribution is -2.30. The molecule has 1 aromatic heterocycles. The van der Waals surface area contributed by atoms with Gasteiger partial charge in [-0.15, -0.1) is 10.2 Å². The zero-order valence-electron chi connectivity index (χ0n) is 14.9. The molecule has 0 saturated carbocycles. The SMILES string of the molecule is COc1ccc(S(=O)(=O)NC(CC(C)C)c2nnc(C)o2)cc1OC. The largest absolute Gasteiger partial charge is 0.493 e. The van der Waals surface area contributed by atoms with E-state index in [4.69, 9.17) is 13.9 Å². The van der Waals surface area contributed by atoms with Gasteiger partial charge in [-0.25, -0.2) is 8.42 Å². The third kappa shape index (κ3) is 4.70. The lowest BCUT2D eigenvalue weighted by Gasteiger charge is -2.18. The molecule has 1 atom stereocenters. The van der Waals surface area contributed by atoms with Crippen LogP contribution in [0.4, 0.5) is 0 Å². The molecule has 0 aliphatic carbocycles. The number of hydrogen-bond acceptors (Lipinski definition) is 7. The minimum atomic E-state index is -3.81. The van der Waals surface area contributed by atoms with Crippen molar-refractivity contribution in [3.05, 3.63) is 30.0 Å². The van der Waals surface area contributed by atoms with Crippen LogP contribution in [-0.4, -0.2) is 32.8 Å². The van der Waals surface area contributed by atoms with E-state index in [9.17, 15) is 8.42 Å². The maximum Gasteiger partial charge on any atom is 0.241 e. The molecule has 1 N–H and O–H groups in total.